The molecule has 0 atom stereocenters. The van der Waals surface area contributed by atoms with Crippen LogP contribution in [-0.2, 0) is 11.3 Å². The molecule has 1 aromatic carbocycles. The van der Waals surface area contributed by atoms with E-state index in [0.717, 1.165) is 0 Å². The smallest absolute Gasteiger partial charge is 0.391 e. The summed E-state index contributed by atoms with van der Waals surface area (Å²) in [5.41, 5.74) is -0.989. The molecule has 2 aromatic heterocycles. The number of amides is 2. The first kappa shape index (κ1) is 33.5. The summed E-state index contributed by atoms with van der Waals surface area (Å²) in [6.07, 6.45) is -7.28. The third-order valence-corrected chi connectivity index (χ3v) is 7.71. The summed E-state index contributed by atoms with van der Waals surface area (Å²) in [5, 5.41) is 18.3. The third kappa shape index (κ3) is 8.18. The topological polar surface area (TPSA) is 141 Å². The molecule has 0 saturated heterocycles. The zero-order valence-electron chi connectivity index (χ0n) is 23.4. The summed E-state index contributed by atoms with van der Waals surface area (Å²) in [6.45, 7) is 1.56. The molecule has 1 saturated carbocycles. The van der Waals surface area contributed by atoms with Crippen LogP contribution < -0.4 is 20.7 Å². The zero-order chi connectivity index (χ0) is 32.4. The van der Waals surface area contributed by atoms with Gasteiger partial charge >= 0.3 is 6.18 Å². The van der Waals surface area contributed by atoms with Crippen molar-refractivity contribution in [3.05, 3.63) is 39.4 Å². The van der Waals surface area contributed by atoms with E-state index in [9.17, 15) is 36.6 Å². The molecule has 0 spiro atoms. The summed E-state index contributed by atoms with van der Waals surface area (Å²) >= 11 is 12.9. The largest absolute Gasteiger partial charge is 0.471 e. The van der Waals surface area contributed by atoms with Crippen molar-refractivity contribution in [2.75, 3.05) is 11.9 Å². The average molecular weight is 667 g/mol. The molecule has 0 aliphatic heterocycles. The molecule has 44 heavy (non-hydrogen) atoms. The van der Waals surface area contributed by atoms with Gasteiger partial charge in [0.05, 0.1) is 27.2 Å². The predicted octanol–water partition coefficient (Wildman–Crippen LogP) is 5.89. The van der Waals surface area contributed by atoms with E-state index in [0.29, 0.717) is 5.56 Å². The monoisotopic (exact) mass is 666 g/mol. The normalized spacial score (nSPS) is 17.5. The van der Waals surface area contributed by atoms with Gasteiger partial charge < -0.3 is 30.8 Å². The van der Waals surface area contributed by atoms with E-state index >= 15 is 0 Å². The SMILES string of the molecule is CC(C)(O)C(=O)NCc1ccc(Cl)c(Nc2nc3nc(OCC(F)F)c(C(=O)N[C@H]4CC[C@H](C(F)(F)F)CC4)cc3[nH]2)c1Cl. The van der Waals surface area contributed by atoms with Crippen molar-refractivity contribution >= 4 is 57.8 Å². The minimum atomic E-state index is -4.31. The Morgan fingerprint density at radius 2 is 1.82 bits per heavy atom. The number of rotatable bonds is 10. The molecule has 2 amide bonds. The van der Waals surface area contributed by atoms with E-state index in [1.165, 1.54) is 26.0 Å². The number of hydrogen-bond acceptors (Lipinski definition) is 7. The quantitative estimate of drug-likeness (QED) is 0.170. The Morgan fingerprint density at radius 3 is 2.43 bits per heavy atom. The number of halogens is 7. The number of aromatic nitrogens is 3. The number of nitrogens with one attached hydrogen (secondary N) is 4. The van der Waals surface area contributed by atoms with Crippen LogP contribution in [0.4, 0.5) is 33.6 Å². The van der Waals surface area contributed by atoms with Gasteiger partial charge in [0.2, 0.25) is 11.8 Å². The fraction of sp³-hybridized carbons (Fsp3) is 0.481. The third-order valence-electron chi connectivity index (χ3n) is 6.96. The molecule has 1 aliphatic rings. The molecule has 0 bridgehead atoms. The highest BCUT2D eigenvalue weighted by Crippen LogP contribution is 2.38. The number of nitrogens with zero attached hydrogens (tertiary/aromatic N) is 2. The molecule has 4 rings (SSSR count). The maximum atomic E-state index is 13.1. The molecule has 2 heterocycles. The Kier molecular flexibility index (Phi) is 10.1. The van der Waals surface area contributed by atoms with E-state index in [1.54, 1.807) is 6.07 Å². The number of alkyl halides is 5. The molecular formula is C27H29Cl2F5N6O4. The van der Waals surface area contributed by atoms with Gasteiger partial charge in [-0.15, -0.1) is 0 Å². The van der Waals surface area contributed by atoms with Crippen molar-refractivity contribution in [1.29, 1.82) is 0 Å². The molecular weight excluding hydrogens is 638 g/mol. The van der Waals surface area contributed by atoms with E-state index < -0.39 is 54.5 Å². The molecule has 240 valence electrons. The number of anilines is 2. The molecule has 0 radical (unpaired) electrons. The number of ether oxygens (including phenoxy) is 1. The Balaban J connectivity index is 1.56. The highest BCUT2D eigenvalue weighted by molar-refractivity contribution is 6.39. The number of pyridine rings is 1. The lowest BCUT2D eigenvalue weighted by Gasteiger charge is -2.30. The zero-order valence-corrected chi connectivity index (χ0v) is 24.9. The molecule has 1 aliphatic carbocycles. The van der Waals surface area contributed by atoms with Gasteiger partial charge in [-0.25, -0.2) is 8.78 Å². The van der Waals surface area contributed by atoms with Gasteiger partial charge in [0, 0.05) is 12.6 Å². The van der Waals surface area contributed by atoms with Crippen LogP contribution in [-0.4, -0.2) is 62.7 Å². The van der Waals surface area contributed by atoms with Gasteiger partial charge in [-0.2, -0.15) is 23.1 Å². The van der Waals surface area contributed by atoms with Gasteiger partial charge in [-0.1, -0.05) is 29.3 Å². The molecule has 3 aromatic rings. The second-order valence-electron chi connectivity index (χ2n) is 10.8. The number of fused-ring (bicyclic) bond motifs is 1. The van der Waals surface area contributed by atoms with Crippen LogP contribution in [0.1, 0.15) is 55.5 Å². The Morgan fingerprint density at radius 1 is 1.14 bits per heavy atom. The van der Waals surface area contributed by atoms with Crippen molar-refractivity contribution in [3.8, 4) is 5.88 Å². The van der Waals surface area contributed by atoms with Crippen LogP contribution in [0.2, 0.25) is 10.0 Å². The van der Waals surface area contributed by atoms with Crippen LogP contribution in [0.3, 0.4) is 0 Å². The number of carbonyl (C=O) groups is 2. The van der Waals surface area contributed by atoms with E-state index in [-0.39, 0.29) is 70.6 Å². The van der Waals surface area contributed by atoms with Gasteiger partial charge in [-0.05, 0) is 57.2 Å². The first-order chi connectivity index (χ1) is 20.5. The predicted molar refractivity (Wildman–Crippen MR) is 153 cm³/mol. The number of carbonyl (C=O) groups excluding carboxylic acids is 2. The second-order valence-corrected chi connectivity index (χ2v) is 11.6. The van der Waals surface area contributed by atoms with Crippen LogP contribution in [0.5, 0.6) is 5.88 Å². The lowest BCUT2D eigenvalue weighted by atomic mass is 9.85. The van der Waals surface area contributed by atoms with E-state index in [4.69, 9.17) is 27.9 Å². The van der Waals surface area contributed by atoms with Crippen LogP contribution in [0, 0.1) is 5.92 Å². The van der Waals surface area contributed by atoms with E-state index in [2.05, 4.69) is 30.9 Å². The number of hydrogen-bond donors (Lipinski definition) is 5. The fourth-order valence-corrected chi connectivity index (χ4v) is 5.12. The molecule has 5 N–H and O–H groups in total. The van der Waals surface area contributed by atoms with Crippen molar-refractivity contribution in [3.63, 3.8) is 0 Å². The molecule has 0 unspecified atom stereocenters. The van der Waals surface area contributed by atoms with Gasteiger partial charge in [-0.3, -0.25) is 9.59 Å². The highest BCUT2D eigenvalue weighted by Gasteiger charge is 2.41. The Hall–Kier alpha value is -3.43. The molecule has 1 fully saturated rings. The van der Waals surface area contributed by atoms with Crippen LogP contribution in [0.25, 0.3) is 11.2 Å². The molecule has 17 heteroatoms. The van der Waals surface area contributed by atoms with Crippen LogP contribution >= 0.6 is 23.2 Å². The van der Waals surface area contributed by atoms with E-state index in [1.807, 2.05) is 0 Å². The summed E-state index contributed by atoms with van der Waals surface area (Å²) in [4.78, 5) is 36.4. The lowest BCUT2D eigenvalue weighted by molar-refractivity contribution is -0.182. The maximum absolute atomic E-state index is 13.1. The Bertz CT molecular complexity index is 1520. The second kappa shape index (κ2) is 13.3. The number of aliphatic hydroxyl groups is 1. The standard InChI is InChI=1S/C27H29Cl2F5N6O4/c1-26(2,43)24(42)35-10-12-3-8-16(28)20(19(12)29)38-25-37-17-9-15(23(39-21(17)40-25)44-11-18(30)31)22(41)36-14-6-4-13(5-7-14)27(32,33)34/h3,8-9,13-14,18,43H,4-7,10-11H2,1-2H3,(H,35,42)(H,36,41)(H2,37,38,39,40)/t13-,14-. The summed E-state index contributed by atoms with van der Waals surface area (Å²) in [7, 11) is 0. The number of imidazole rings is 1. The minimum Gasteiger partial charge on any atom is -0.471 e. The first-order valence-corrected chi connectivity index (χ1v) is 14.2. The van der Waals surface area contributed by atoms with Crippen molar-refractivity contribution in [1.82, 2.24) is 25.6 Å². The summed E-state index contributed by atoms with van der Waals surface area (Å²) < 4.78 is 70.1. The number of aromatic amines is 1. The minimum absolute atomic E-state index is 0.0140. The van der Waals surface area contributed by atoms with Gasteiger partial charge in [0.15, 0.2) is 12.3 Å². The summed E-state index contributed by atoms with van der Waals surface area (Å²) in [6, 6.07) is 3.82. The van der Waals surface area contributed by atoms with Crippen molar-refractivity contribution in [2.45, 2.75) is 70.3 Å². The number of benzene rings is 1. The van der Waals surface area contributed by atoms with Crippen LogP contribution in [0.15, 0.2) is 18.2 Å². The lowest BCUT2D eigenvalue weighted by Crippen LogP contribution is -2.41. The Labute approximate surface area is 258 Å². The van der Waals surface area contributed by atoms with Crippen molar-refractivity contribution < 1.29 is 41.4 Å². The maximum Gasteiger partial charge on any atom is 0.391 e. The fourth-order valence-electron chi connectivity index (χ4n) is 4.58. The van der Waals surface area contributed by atoms with Gasteiger partial charge in [0.1, 0.15) is 11.2 Å². The summed E-state index contributed by atoms with van der Waals surface area (Å²) in [5.74, 6) is -3.20. The number of H-pyrrole nitrogens is 1. The first-order valence-electron chi connectivity index (χ1n) is 13.5. The molecule has 10 nitrogen and oxygen atoms in total. The van der Waals surface area contributed by atoms with Gasteiger partial charge in [0.25, 0.3) is 18.2 Å². The average Bonchev–Trinajstić information content (AvgIpc) is 3.33. The highest BCUT2D eigenvalue weighted by atomic mass is 35.5. The van der Waals surface area contributed by atoms with Crippen molar-refractivity contribution in [2.24, 2.45) is 5.92 Å².